The molecule has 0 bridgehead atoms. The first-order chi connectivity index (χ1) is 9.26. The minimum Gasteiger partial charge on any atom is -0.349 e. The van der Waals surface area contributed by atoms with Crippen molar-refractivity contribution in [1.29, 1.82) is 5.26 Å². The monoisotopic (exact) mass is 264 g/mol. The lowest BCUT2D eigenvalue weighted by molar-refractivity contribution is 1.23. The van der Waals surface area contributed by atoms with Crippen molar-refractivity contribution in [2.45, 2.75) is 16.8 Å². The van der Waals surface area contributed by atoms with E-state index in [1.165, 1.54) is 5.39 Å². The summed E-state index contributed by atoms with van der Waals surface area (Å²) in [6.07, 6.45) is 0. The largest absolute Gasteiger partial charge is 0.349 e. The van der Waals surface area contributed by atoms with E-state index in [9.17, 15) is 0 Å². The maximum Gasteiger partial charge on any atom is 0.0994 e. The minimum atomic E-state index is 0.737. The highest BCUT2D eigenvalue weighted by molar-refractivity contribution is 7.99. The maximum atomic E-state index is 8.93. The van der Waals surface area contributed by atoms with Crippen LogP contribution in [0.4, 0.5) is 0 Å². The lowest BCUT2D eigenvalue weighted by Crippen LogP contribution is -1.82. The Morgan fingerprint density at radius 3 is 2.68 bits per heavy atom. The van der Waals surface area contributed by atoms with E-state index in [1.807, 2.05) is 31.2 Å². The molecule has 0 saturated heterocycles. The van der Waals surface area contributed by atoms with Crippen LogP contribution >= 0.6 is 11.8 Å². The molecular weight excluding hydrogens is 252 g/mol. The fraction of sp³-hybridized carbons (Fsp3) is 0.0625. The number of rotatable bonds is 2. The molecule has 1 N–H and O–H groups in total. The summed E-state index contributed by atoms with van der Waals surface area (Å²) in [5.74, 6) is 0. The fourth-order valence-corrected chi connectivity index (χ4v) is 3.03. The number of nitrogens with zero attached hydrogens (tertiary/aromatic N) is 1. The molecule has 0 radical (unpaired) electrons. The van der Waals surface area contributed by atoms with E-state index in [4.69, 9.17) is 5.26 Å². The molecule has 3 heteroatoms. The Morgan fingerprint density at radius 2 is 1.95 bits per heavy atom. The second-order valence-corrected chi connectivity index (χ2v) is 5.53. The standard InChI is InChI=1S/C16H12N2S/c1-11-8-14(7-6-13(11)10-17)19-16-9-12-4-2-3-5-15(12)18-16/h2-9,18H,1H3. The van der Waals surface area contributed by atoms with Crippen molar-refractivity contribution >= 4 is 22.7 Å². The van der Waals surface area contributed by atoms with Crippen LogP contribution in [-0.4, -0.2) is 4.98 Å². The highest BCUT2D eigenvalue weighted by Gasteiger charge is 2.04. The molecule has 2 aromatic carbocycles. The van der Waals surface area contributed by atoms with Crippen LogP contribution in [-0.2, 0) is 0 Å². The fourth-order valence-electron chi connectivity index (χ4n) is 2.05. The summed E-state index contributed by atoms with van der Waals surface area (Å²) < 4.78 is 0. The van der Waals surface area contributed by atoms with Gasteiger partial charge in [-0.05, 0) is 42.8 Å². The van der Waals surface area contributed by atoms with E-state index in [1.54, 1.807) is 11.8 Å². The average molecular weight is 264 g/mol. The van der Waals surface area contributed by atoms with Gasteiger partial charge in [-0.1, -0.05) is 30.0 Å². The third-order valence-electron chi connectivity index (χ3n) is 3.05. The molecule has 1 heterocycles. The first-order valence-electron chi connectivity index (χ1n) is 6.02. The van der Waals surface area contributed by atoms with Crippen molar-refractivity contribution in [2.24, 2.45) is 0 Å². The molecule has 2 nitrogen and oxygen atoms in total. The summed E-state index contributed by atoms with van der Waals surface area (Å²) in [5.41, 5.74) is 2.90. The molecule has 0 saturated carbocycles. The van der Waals surface area contributed by atoms with Gasteiger partial charge in [0.05, 0.1) is 16.7 Å². The molecule has 3 rings (SSSR count). The summed E-state index contributed by atoms with van der Waals surface area (Å²) in [7, 11) is 0. The van der Waals surface area contributed by atoms with Gasteiger partial charge in [-0.2, -0.15) is 5.26 Å². The van der Waals surface area contributed by atoms with Crippen molar-refractivity contribution in [3.05, 3.63) is 59.7 Å². The number of aromatic amines is 1. The van der Waals surface area contributed by atoms with Crippen molar-refractivity contribution in [1.82, 2.24) is 4.98 Å². The number of aromatic nitrogens is 1. The van der Waals surface area contributed by atoms with Gasteiger partial charge in [0.1, 0.15) is 0 Å². The van der Waals surface area contributed by atoms with Gasteiger partial charge >= 0.3 is 0 Å². The second kappa shape index (κ2) is 4.83. The van der Waals surface area contributed by atoms with Gasteiger partial charge in [-0.25, -0.2) is 0 Å². The van der Waals surface area contributed by atoms with E-state index in [0.717, 1.165) is 26.6 Å². The zero-order valence-electron chi connectivity index (χ0n) is 10.5. The highest BCUT2D eigenvalue weighted by Crippen LogP contribution is 2.30. The van der Waals surface area contributed by atoms with Crippen molar-refractivity contribution in [3.63, 3.8) is 0 Å². The van der Waals surface area contributed by atoms with E-state index < -0.39 is 0 Å². The van der Waals surface area contributed by atoms with E-state index in [-0.39, 0.29) is 0 Å². The Morgan fingerprint density at radius 1 is 1.11 bits per heavy atom. The molecule has 1 aromatic heterocycles. The van der Waals surface area contributed by atoms with Crippen LogP contribution in [0.2, 0.25) is 0 Å². The number of para-hydroxylation sites is 1. The minimum absolute atomic E-state index is 0.737. The van der Waals surface area contributed by atoms with Crippen LogP contribution in [0.5, 0.6) is 0 Å². The molecule has 3 aromatic rings. The number of benzene rings is 2. The molecule has 0 amide bonds. The number of H-pyrrole nitrogens is 1. The van der Waals surface area contributed by atoms with Gasteiger partial charge in [0.15, 0.2) is 0 Å². The Bertz CT molecular complexity index is 748. The number of nitrogens with one attached hydrogen (secondary N) is 1. The Hall–Kier alpha value is -2.18. The van der Waals surface area contributed by atoms with Crippen molar-refractivity contribution < 1.29 is 0 Å². The molecule has 0 fully saturated rings. The second-order valence-electron chi connectivity index (χ2n) is 4.41. The number of nitriles is 1. The van der Waals surface area contributed by atoms with Crippen LogP contribution in [0.1, 0.15) is 11.1 Å². The Labute approximate surface area is 116 Å². The van der Waals surface area contributed by atoms with Crippen LogP contribution in [0.25, 0.3) is 10.9 Å². The Kier molecular flexibility index (Phi) is 3.02. The molecule has 0 atom stereocenters. The van der Waals surface area contributed by atoms with Gasteiger partial charge < -0.3 is 4.98 Å². The van der Waals surface area contributed by atoms with Gasteiger partial charge in [0, 0.05) is 15.8 Å². The summed E-state index contributed by atoms with van der Waals surface area (Å²) in [4.78, 5) is 4.53. The number of hydrogen-bond acceptors (Lipinski definition) is 2. The van der Waals surface area contributed by atoms with Crippen LogP contribution in [0.15, 0.2) is 58.5 Å². The lowest BCUT2D eigenvalue weighted by Gasteiger charge is -2.02. The van der Waals surface area contributed by atoms with Gasteiger partial charge in [-0.15, -0.1) is 0 Å². The quantitative estimate of drug-likeness (QED) is 0.740. The topological polar surface area (TPSA) is 39.6 Å². The molecule has 0 aliphatic carbocycles. The normalized spacial score (nSPS) is 10.5. The summed E-state index contributed by atoms with van der Waals surface area (Å²) in [6.45, 7) is 1.97. The van der Waals surface area contributed by atoms with Gasteiger partial charge in [-0.3, -0.25) is 0 Å². The maximum absolute atomic E-state index is 8.93. The molecule has 0 aliphatic heterocycles. The predicted octanol–water partition coefficient (Wildman–Crippen LogP) is 4.50. The number of aryl methyl sites for hydroxylation is 1. The number of fused-ring (bicyclic) bond motifs is 1. The first kappa shape index (κ1) is 11.9. The summed E-state index contributed by atoms with van der Waals surface area (Å²) in [5, 5.41) is 11.3. The zero-order valence-corrected chi connectivity index (χ0v) is 11.3. The first-order valence-corrected chi connectivity index (χ1v) is 6.84. The van der Waals surface area contributed by atoms with Crippen LogP contribution in [0.3, 0.4) is 0 Å². The van der Waals surface area contributed by atoms with Gasteiger partial charge in [0.25, 0.3) is 0 Å². The average Bonchev–Trinajstić information content (AvgIpc) is 2.81. The molecule has 0 spiro atoms. The van der Waals surface area contributed by atoms with E-state index in [2.05, 4.69) is 35.3 Å². The van der Waals surface area contributed by atoms with E-state index in [0.29, 0.717) is 0 Å². The van der Waals surface area contributed by atoms with Crippen LogP contribution < -0.4 is 0 Å². The van der Waals surface area contributed by atoms with E-state index >= 15 is 0 Å². The third kappa shape index (κ3) is 2.35. The zero-order chi connectivity index (χ0) is 13.2. The smallest absolute Gasteiger partial charge is 0.0994 e. The van der Waals surface area contributed by atoms with Crippen molar-refractivity contribution in [2.75, 3.05) is 0 Å². The molecule has 19 heavy (non-hydrogen) atoms. The predicted molar refractivity (Wildman–Crippen MR) is 78.3 cm³/mol. The number of hydrogen-bond donors (Lipinski definition) is 1. The summed E-state index contributed by atoms with van der Waals surface area (Å²) >= 11 is 1.68. The highest BCUT2D eigenvalue weighted by atomic mass is 32.2. The molecular formula is C16H12N2S. The third-order valence-corrected chi connectivity index (χ3v) is 3.98. The molecule has 0 aliphatic rings. The SMILES string of the molecule is Cc1cc(Sc2cc3ccccc3[nH]2)ccc1C#N. The van der Waals surface area contributed by atoms with Crippen molar-refractivity contribution in [3.8, 4) is 6.07 Å². The lowest BCUT2D eigenvalue weighted by atomic mass is 10.1. The van der Waals surface area contributed by atoms with Gasteiger partial charge in [0.2, 0.25) is 0 Å². The summed E-state index contributed by atoms with van der Waals surface area (Å²) in [6, 6.07) is 18.5. The Balaban J connectivity index is 1.92. The molecule has 0 unspecified atom stereocenters. The van der Waals surface area contributed by atoms with Crippen LogP contribution in [0, 0.1) is 18.3 Å². The molecule has 92 valence electrons.